The van der Waals surface area contributed by atoms with Gasteiger partial charge in [-0.05, 0) is 17.7 Å². The van der Waals surface area contributed by atoms with Crippen molar-refractivity contribution in [3.63, 3.8) is 0 Å². The number of nitrogens with zero attached hydrogens (tertiary/aromatic N) is 3. The average Bonchev–Trinajstić information content (AvgIpc) is 2.99. The number of anilines is 1. The predicted molar refractivity (Wildman–Crippen MR) is 87.4 cm³/mol. The Balaban J connectivity index is 1.80. The lowest BCUT2D eigenvalue weighted by Gasteiger charge is -2.25. The molecule has 0 spiro atoms. The highest BCUT2D eigenvalue weighted by Crippen LogP contribution is 2.27. The van der Waals surface area contributed by atoms with Crippen LogP contribution in [-0.2, 0) is 4.79 Å². The molecular formula is C16H17N5O3. The number of amides is 2. The van der Waals surface area contributed by atoms with Gasteiger partial charge in [0.25, 0.3) is 5.91 Å². The Morgan fingerprint density at radius 2 is 2.25 bits per heavy atom. The average molecular weight is 327 g/mol. The molecule has 0 aliphatic carbocycles. The maximum Gasteiger partial charge on any atom is 0.277 e. The Morgan fingerprint density at radius 1 is 1.46 bits per heavy atom. The van der Waals surface area contributed by atoms with Gasteiger partial charge in [-0.15, -0.1) is 0 Å². The molecule has 0 radical (unpaired) electrons. The molecule has 1 atom stereocenters. The fourth-order valence-electron chi connectivity index (χ4n) is 2.40. The number of nitrogens with one attached hydrogen (secondary N) is 1. The second-order valence-electron chi connectivity index (χ2n) is 5.49. The molecule has 1 aliphatic rings. The van der Waals surface area contributed by atoms with Crippen LogP contribution in [0.25, 0.3) is 0 Å². The van der Waals surface area contributed by atoms with Crippen LogP contribution in [0.5, 0.6) is 0 Å². The highest BCUT2D eigenvalue weighted by atomic mass is 16.3. The van der Waals surface area contributed by atoms with Crippen molar-refractivity contribution >= 4 is 23.5 Å². The number of carbonyl (C=O) groups is 2. The van der Waals surface area contributed by atoms with Crippen molar-refractivity contribution in [2.45, 2.75) is 19.4 Å². The molecule has 1 aromatic heterocycles. The van der Waals surface area contributed by atoms with Crippen LogP contribution in [-0.4, -0.2) is 34.7 Å². The molecule has 8 heteroatoms. The number of hydrogen-bond acceptors (Lipinski definition) is 6. The second-order valence-corrected chi connectivity index (χ2v) is 5.49. The number of hydrogen-bond donors (Lipinski definition) is 2. The highest BCUT2D eigenvalue weighted by molar-refractivity contribution is 6.02. The van der Waals surface area contributed by atoms with Gasteiger partial charge >= 0.3 is 0 Å². The first kappa shape index (κ1) is 15.7. The quantitative estimate of drug-likeness (QED) is 0.885. The Labute approximate surface area is 138 Å². The zero-order chi connectivity index (χ0) is 17.3. The van der Waals surface area contributed by atoms with Gasteiger partial charge < -0.3 is 15.5 Å². The molecule has 8 nitrogen and oxygen atoms in total. The summed E-state index contributed by atoms with van der Waals surface area (Å²) >= 11 is 0. The minimum atomic E-state index is -0.369. The summed E-state index contributed by atoms with van der Waals surface area (Å²) in [7, 11) is 1.59. The molecule has 0 saturated heterocycles. The summed E-state index contributed by atoms with van der Waals surface area (Å²) in [6.07, 6.45) is 1.53. The van der Waals surface area contributed by atoms with Crippen molar-refractivity contribution < 1.29 is 14.0 Å². The van der Waals surface area contributed by atoms with E-state index in [1.165, 1.54) is 11.2 Å². The number of benzene rings is 1. The lowest BCUT2D eigenvalue weighted by Crippen LogP contribution is -2.42. The van der Waals surface area contributed by atoms with Gasteiger partial charge in [0.15, 0.2) is 17.5 Å². The molecule has 124 valence electrons. The number of carbonyl (C=O) groups excluding carboxylic acids is 2. The lowest BCUT2D eigenvalue weighted by molar-refractivity contribution is -0.127. The Morgan fingerprint density at radius 3 is 2.92 bits per heavy atom. The van der Waals surface area contributed by atoms with E-state index in [-0.39, 0.29) is 35.9 Å². The van der Waals surface area contributed by atoms with Crippen LogP contribution in [0.4, 0.5) is 5.69 Å². The SMILES string of the molecule is Cc1nc(C(=O)Nc2cccc(C3CC(=O)N(C)C(N)=N3)c2)co1. The maximum absolute atomic E-state index is 12.1. The van der Waals surface area contributed by atoms with Crippen molar-refractivity contribution in [2.75, 3.05) is 12.4 Å². The molecule has 1 aliphatic heterocycles. The van der Waals surface area contributed by atoms with Gasteiger partial charge in [0, 0.05) is 19.7 Å². The predicted octanol–water partition coefficient (Wildman–Crippen LogP) is 1.45. The van der Waals surface area contributed by atoms with Crippen molar-refractivity contribution in [3.05, 3.63) is 47.7 Å². The van der Waals surface area contributed by atoms with Crippen LogP contribution in [0.3, 0.4) is 0 Å². The summed E-state index contributed by atoms with van der Waals surface area (Å²) in [4.78, 5) is 33.7. The highest BCUT2D eigenvalue weighted by Gasteiger charge is 2.25. The summed E-state index contributed by atoms with van der Waals surface area (Å²) in [5, 5.41) is 2.75. The van der Waals surface area contributed by atoms with Gasteiger partial charge in [0.2, 0.25) is 5.91 Å². The topological polar surface area (TPSA) is 114 Å². The van der Waals surface area contributed by atoms with E-state index in [2.05, 4.69) is 15.3 Å². The van der Waals surface area contributed by atoms with Crippen LogP contribution in [0, 0.1) is 6.92 Å². The number of rotatable bonds is 3. The first-order valence-corrected chi connectivity index (χ1v) is 7.37. The van der Waals surface area contributed by atoms with Gasteiger partial charge in [-0.25, -0.2) is 9.98 Å². The number of aromatic nitrogens is 1. The van der Waals surface area contributed by atoms with E-state index in [0.29, 0.717) is 11.6 Å². The molecule has 2 amide bonds. The summed E-state index contributed by atoms with van der Waals surface area (Å²) in [5.74, 6) is 0.138. The molecule has 2 heterocycles. The fraction of sp³-hybridized carbons (Fsp3) is 0.250. The molecule has 0 bridgehead atoms. The Hall–Kier alpha value is -3.16. The normalized spacial score (nSPS) is 17.6. The second kappa shape index (κ2) is 6.15. The summed E-state index contributed by atoms with van der Waals surface area (Å²) < 4.78 is 5.03. The van der Waals surface area contributed by atoms with E-state index in [4.69, 9.17) is 10.2 Å². The standard InChI is InChI=1S/C16H17N5O3/c1-9-18-13(8-24-9)15(23)19-11-5-3-4-10(6-11)12-7-14(22)21(2)16(17)20-12/h3-6,8,12H,7H2,1-2H3,(H2,17,20)(H,19,23). The van der Waals surface area contributed by atoms with E-state index >= 15 is 0 Å². The van der Waals surface area contributed by atoms with Gasteiger partial charge in [-0.1, -0.05) is 12.1 Å². The Bertz CT molecular complexity index is 827. The van der Waals surface area contributed by atoms with Gasteiger partial charge in [-0.3, -0.25) is 14.5 Å². The summed E-state index contributed by atoms with van der Waals surface area (Å²) in [5.41, 5.74) is 7.34. The number of oxazole rings is 1. The van der Waals surface area contributed by atoms with Gasteiger partial charge in [-0.2, -0.15) is 0 Å². The van der Waals surface area contributed by atoms with Crippen LogP contribution < -0.4 is 11.1 Å². The molecule has 2 aromatic rings. The number of nitrogens with two attached hydrogens (primary N) is 1. The number of guanidine groups is 1. The van der Waals surface area contributed by atoms with Crippen molar-refractivity contribution in [1.82, 2.24) is 9.88 Å². The molecule has 1 unspecified atom stereocenters. The third kappa shape index (κ3) is 3.12. The van der Waals surface area contributed by atoms with E-state index < -0.39 is 0 Å². The Kier molecular flexibility index (Phi) is 4.03. The van der Waals surface area contributed by atoms with Crippen LogP contribution >= 0.6 is 0 Å². The smallest absolute Gasteiger partial charge is 0.277 e. The van der Waals surface area contributed by atoms with E-state index in [9.17, 15) is 9.59 Å². The zero-order valence-corrected chi connectivity index (χ0v) is 13.3. The summed E-state index contributed by atoms with van der Waals surface area (Å²) in [6, 6.07) is 6.78. The van der Waals surface area contributed by atoms with E-state index in [1.54, 1.807) is 32.2 Å². The molecule has 3 N–H and O–H groups in total. The third-order valence-electron chi connectivity index (χ3n) is 3.75. The molecule has 0 saturated carbocycles. The van der Waals surface area contributed by atoms with Gasteiger partial charge in [0.05, 0.1) is 12.5 Å². The molecule has 3 rings (SSSR count). The van der Waals surface area contributed by atoms with Crippen LogP contribution in [0.1, 0.15) is 34.4 Å². The fourth-order valence-corrected chi connectivity index (χ4v) is 2.40. The van der Waals surface area contributed by atoms with Gasteiger partial charge in [0.1, 0.15) is 6.26 Å². The third-order valence-corrected chi connectivity index (χ3v) is 3.75. The lowest BCUT2D eigenvalue weighted by atomic mass is 10.0. The largest absolute Gasteiger partial charge is 0.448 e. The minimum Gasteiger partial charge on any atom is -0.448 e. The summed E-state index contributed by atoms with van der Waals surface area (Å²) in [6.45, 7) is 1.66. The van der Waals surface area contributed by atoms with E-state index in [1.807, 2.05) is 6.07 Å². The maximum atomic E-state index is 12.1. The number of aliphatic imine (C=N–C) groups is 1. The van der Waals surface area contributed by atoms with Crippen molar-refractivity contribution in [2.24, 2.45) is 10.7 Å². The first-order valence-electron chi connectivity index (χ1n) is 7.37. The van der Waals surface area contributed by atoms with Crippen LogP contribution in [0.15, 0.2) is 39.9 Å². The monoisotopic (exact) mass is 327 g/mol. The molecule has 24 heavy (non-hydrogen) atoms. The van der Waals surface area contributed by atoms with Crippen molar-refractivity contribution in [3.8, 4) is 0 Å². The van der Waals surface area contributed by atoms with Crippen LogP contribution in [0.2, 0.25) is 0 Å². The van der Waals surface area contributed by atoms with E-state index in [0.717, 1.165) is 5.56 Å². The van der Waals surface area contributed by atoms with Crippen molar-refractivity contribution in [1.29, 1.82) is 0 Å². The molecular weight excluding hydrogens is 310 g/mol. The minimum absolute atomic E-state index is 0.0972. The zero-order valence-electron chi connectivity index (χ0n) is 13.3. The molecule has 1 aromatic carbocycles. The number of aryl methyl sites for hydroxylation is 1. The first-order chi connectivity index (χ1) is 11.4. The molecule has 0 fully saturated rings.